The SMILES string of the molecule is O=C1C2[C@H]3CC[C@@H](C3)N2C(=O)N1c1cc(Cl)cc(Cl)c1. The van der Waals surface area contributed by atoms with Gasteiger partial charge in [0.05, 0.1) is 5.69 Å². The zero-order valence-electron chi connectivity index (χ0n) is 10.6. The van der Waals surface area contributed by atoms with Crippen LogP contribution in [0.25, 0.3) is 0 Å². The summed E-state index contributed by atoms with van der Waals surface area (Å²) in [5.74, 6) is 0.177. The van der Waals surface area contributed by atoms with Crippen LogP contribution in [-0.2, 0) is 4.79 Å². The van der Waals surface area contributed by atoms with Crippen LogP contribution >= 0.6 is 23.2 Å². The summed E-state index contributed by atoms with van der Waals surface area (Å²) < 4.78 is 0. The van der Waals surface area contributed by atoms with Crippen molar-refractivity contribution < 1.29 is 9.59 Å². The predicted molar refractivity (Wildman–Crippen MR) is 76.1 cm³/mol. The van der Waals surface area contributed by atoms with Gasteiger partial charge >= 0.3 is 6.03 Å². The molecule has 1 aromatic carbocycles. The van der Waals surface area contributed by atoms with Crippen molar-refractivity contribution >= 4 is 40.8 Å². The Labute approximate surface area is 126 Å². The number of halogens is 2. The highest BCUT2D eigenvalue weighted by Gasteiger charge is 2.59. The van der Waals surface area contributed by atoms with Crippen LogP contribution in [0.15, 0.2) is 18.2 Å². The van der Waals surface area contributed by atoms with E-state index in [9.17, 15) is 9.59 Å². The average molecular weight is 311 g/mol. The Bertz CT molecular complexity index is 585. The number of piperidine rings is 1. The average Bonchev–Trinajstić information content (AvgIpc) is 3.02. The van der Waals surface area contributed by atoms with E-state index in [4.69, 9.17) is 23.2 Å². The van der Waals surface area contributed by atoms with Gasteiger partial charge in [-0.15, -0.1) is 0 Å². The minimum absolute atomic E-state index is 0.138. The van der Waals surface area contributed by atoms with Crippen LogP contribution in [0.3, 0.4) is 0 Å². The first-order chi connectivity index (χ1) is 9.56. The topological polar surface area (TPSA) is 40.6 Å². The number of hydrogen-bond donors (Lipinski definition) is 0. The van der Waals surface area contributed by atoms with Gasteiger partial charge in [0.15, 0.2) is 0 Å². The van der Waals surface area contributed by atoms with E-state index < -0.39 is 0 Å². The lowest BCUT2D eigenvalue weighted by molar-refractivity contribution is -0.120. The summed E-state index contributed by atoms with van der Waals surface area (Å²) in [7, 11) is 0. The van der Waals surface area contributed by atoms with E-state index >= 15 is 0 Å². The van der Waals surface area contributed by atoms with Crippen LogP contribution in [0.2, 0.25) is 10.0 Å². The first-order valence-electron chi connectivity index (χ1n) is 6.68. The van der Waals surface area contributed by atoms with E-state index in [2.05, 4.69) is 0 Å². The molecular formula is C14H12Cl2N2O2. The predicted octanol–water partition coefficient (Wildman–Crippen LogP) is 3.31. The van der Waals surface area contributed by atoms with Gasteiger partial charge in [-0.3, -0.25) is 4.79 Å². The minimum atomic E-state index is -0.279. The minimum Gasteiger partial charge on any atom is -0.309 e. The molecule has 1 aromatic rings. The quantitative estimate of drug-likeness (QED) is 0.747. The van der Waals surface area contributed by atoms with E-state index in [-0.39, 0.29) is 24.0 Å². The third-order valence-electron chi connectivity index (χ3n) is 4.58. The summed E-state index contributed by atoms with van der Waals surface area (Å²) in [4.78, 5) is 28.1. The fourth-order valence-electron chi connectivity index (χ4n) is 3.83. The van der Waals surface area contributed by atoms with Crippen molar-refractivity contribution in [1.82, 2.24) is 4.90 Å². The van der Waals surface area contributed by atoms with Gasteiger partial charge in [0.1, 0.15) is 6.04 Å². The largest absolute Gasteiger partial charge is 0.332 e. The number of anilines is 1. The Kier molecular flexibility index (Phi) is 2.57. The molecule has 0 spiro atoms. The third-order valence-corrected chi connectivity index (χ3v) is 5.01. The Morgan fingerprint density at radius 3 is 2.40 bits per heavy atom. The van der Waals surface area contributed by atoms with Gasteiger partial charge < -0.3 is 4.90 Å². The number of amides is 3. The lowest BCUT2D eigenvalue weighted by Gasteiger charge is -2.25. The second-order valence-electron chi connectivity index (χ2n) is 5.66. The van der Waals surface area contributed by atoms with E-state index in [1.165, 1.54) is 4.90 Å². The number of urea groups is 1. The van der Waals surface area contributed by atoms with Crippen molar-refractivity contribution in [2.45, 2.75) is 31.3 Å². The number of carbonyl (C=O) groups is 2. The van der Waals surface area contributed by atoms with Gasteiger partial charge in [-0.1, -0.05) is 23.2 Å². The van der Waals surface area contributed by atoms with Gasteiger partial charge in [0.2, 0.25) is 0 Å². The molecule has 4 rings (SSSR count). The fourth-order valence-corrected chi connectivity index (χ4v) is 4.34. The van der Waals surface area contributed by atoms with Crippen LogP contribution in [0.1, 0.15) is 19.3 Å². The highest BCUT2D eigenvalue weighted by Crippen LogP contribution is 2.47. The van der Waals surface area contributed by atoms with Gasteiger partial charge in [0.25, 0.3) is 5.91 Å². The highest BCUT2D eigenvalue weighted by atomic mass is 35.5. The molecule has 104 valence electrons. The summed E-state index contributed by atoms with van der Waals surface area (Å²) in [5, 5.41) is 0.839. The zero-order valence-corrected chi connectivity index (χ0v) is 12.1. The van der Waals surface area contributed by atoms with Crippen molar-refractivity contribution in [2.24, 2.45) is 5.92 Å². The maximum atomic E-state index is 12.6. The Balaban J connectivity index is 1.76. The molecule has 1 saturated carbocycles. The van der Waals surface area contributed by atoms with E-state index in [1.54, 1.807) is 23.1 Å². The van der Waals surface area contributed by atoms with Crippen LogP contribution in [0.4, 0.5) is 10.5 Å². The first kappa shape index (κ1) is 12.5. The van der Waals surface area contributed by atoms with Gasteiger partial charge in [-0.05, 0) is 43.4 Å². The fraction of sp³-hybridized carbons (Fsp3) is 0.429. The molecule has 6 heteroatoms. The zero-order chi connectivity index (χ0) is 14.0. The number of benzene rings is 1. The molecule has 0 N–H and O–H groups in total. The van der Waals surface area contributed by atoms with Crippen molar-refractivity contribution in [3.8, 4) is 0 Å². The molecule has 0 aromatic heterocycles. The van der Waals surface area contributed by atoms with Gasteiger partial charge in [-0.25, -0.2) is 9.69 Å². The summed E-state index contributed by atoms with van der Waals surface area (Å²) in [5.41, 5.74) is 0.464. The van der Waals surface area contributed by atoms with Crippen LogP contribution < -0.4 is 4.90 Å². The molecule has 3 atom stereocenters. The molecule has 2 aliphatic heterocycles. The number of carbonyl (C=O) groups excluding carboxylic acids is 2. The number of nitrogens with zero attached hydrogens (tertiary/aromatic N) is 2. The monoisotopic (exact) mass is 310 g/mol. The van der Waals surface area contributed by atoms with E-state index in [1.807, 2.05) is 0 Å². The second-order valence-corrected chi connectivity index (χ2v) is 6.54. The number of fused-ring (bicyclic) bond motifs is 5. The Morgan fingerprint density at radius 1 is 1.05 bits per heavy atom. The standard InChI is InChI=1S/C14H12Cl2N2O2/c15-8-4-9(16)6-11(5-8)18-13(19)12-7-1-2-10(3-7)17(12)14(18)20/h4-7,10,12H,1-3H2/t7-,10-,12?/m0/s1. The molecule has 0 radical (unpaired) electrons. The summed E-state index contributed by atoms with van der Waals surface area (Å²) in [6, 6.07) is 4.51. The molecule has 1 unspecified atom stereocenters. The lowest BCUT2D eigenvalue weighted by atomic mass is 9.99. The smallest absolute Gasteiger partial charge is 0.309 e. The van der Waals surface area contributed by atoms with Crippen LogP contribution in [0.5, 0.6) is 0 Å². The molecular weight excluding hydrogens is 299 g/mol. The summed E-state index contributed by atoms with van der Waals surface area (Å²) in [6.45, 7) is 0. The molecule has 3 fully saturated rings. The molecule has 2 bridgehead atoms. The Hall–Kier alpha value is -1.26. The highest BCUT2D eigenvalue weighted by molar-refractivity contribution is 6.35. The number of hydrogen-bond acceptors (Lipinski definition) is 2. The molecule has 3 amide bonds. The maximum absolute atomic E-state index is 12.6. The van der Waals surface area contributed by atoms with Crippen molar-refractivity contribution in [2.75, 3.05) is 4.90 Å². The number of rotatable bonds is 1. The lowest BCUT2D eigenvalue weighted by Crippen LogP contribution is -2.40. The second kappa shape index (κ2) is 4.12. The first-order valence-corrected chi connectivity index (χ1v) is 7.44. The van der Waals surface area contributed by atoms with E-state index in [0.717, 1.165) is 19.3 Å². The molecule has 4 nitrogen and oxygen atoms in total. The van der Waals surface area contributed by atoms with Crippen molar-refractivity contribution in [1.29, 1.82) is 0 Å². The molecule has 20 heavy (non-hydrogen) atoms. The van der Waals surface area contributed by atoms with Gasteiger partial charge in [0, 0.05) is 16.1 Å². The molecule has 2 heterocycles. The van der Waals surface area contributed by atoms with Gasteiger partial charge in [-0.2, -0.15) is 0 Å². The number of imide groups is 1. The molecule has 2 saturated heterocycles. The molecule has 1 aliphatic carbocycles. The summed E-state index contributed by atoms with van der Waals surface area (Å²) in [6.07, 6.45) is 3.01. The molecule has 3 aliphatic rings. The normalized spacial score (nSPS) is 31.4. The van der Waals surface area contributed by atoms with Crippen LogP contribution in [-0.4, -0.2) is 28.9 Å². The third kappa shape index (κ3) is 1.55. The maximum Gasteiger partial charge on any atom is 0.332 e. The summed E-state index contributed by atoms with van der Waals surface area (Å²) >= 11 is 11.9. The van der Waals surface area contributed by atoms with Crippen molar-refractivity contribution in [3.63, 3.8) is 0 Å². The van der Waals surface area contributed by atoms with Crippen LogP contribution in [0, 0.1) is 5.92 Å². The van der Waals surface area contributed by atoms with Crippen molar-refractivity contribution in [3.05, 3.63) is 28.2 Å². The Morgan fingerprint density at radius 2 is 1.75 bits per heavy atom. The van der Waals surface area contributed by atoms with E-state index in [0.29, 0.717) is 21.7 Å².